The average Bonchev–Trinajstić information content (AvgIpc) is 3.56. The normalized spacial score (nSPS) is 17.8. The molecular formula is C24H23N3O3. The van der Waals surface area contributed by atoms with Crippen molar-refractivity contribution in [3.05, 3.63) is 66.4 Å². The minimum absolute atomic E-state index is 0.0374. The molecule has 30 heavy (non-hydrogen) atoms. The van der Waals surface area contributed by atoms with Gasteiger partial charge < -0.3 is 14.9 Å². The van der Waals surface area contributed by atoms with Gasteiger partial charge in [0.1, 0.15) is 5.60 Å². The van der Waals surface area contributed by atoms with Gasteiger partial charge in [-0.2, -0.15) is 0 Å². The molecule has 2 fully saturated rings. The van der Waals surface area contributed by atoms with Crippen molar-refractivity contribution in [3.63, 3.8) is 0 Å². The molecule has 2 aromatic carbocycles. The zero-order valence-corrected chi connectivity index (χ0v) is 16.6. The Bertz CT molecular complexity index is 1110. The Balaban J connectivity index is 1.29. The number of aliphatic hydroxyl groups is 1. The molecule has 3 aromatic rings. The summed E-state index contributed by atoms with van der Waals surface area (Å²) >= 11 is 0. The summed E-state index contributed by atoms with van der Waals surface area (Å²) in [6.07, 6.45) is 2.89. The lowest BCUT2D eigenvalue weighted by Gasteiger charge is -2.35. The van der Waals surface area contributed by atoms with E-state index in [1.165, 1.54) is 0 Å². The summed E-state index contributed by atoms with van der Waals surface area (Å²) in [6.45, 7) is 1.89. The van der Waals surface area contributed by atoms with Gasteiger partial charge in [0.15, 0.2) is 0 Å². The number of hydrogen-bond acceptors (Lipinski definition) is 4. The first-order valence-corrected chi connectivity index (χ1v) is 10.3. The molecule has 5 rings (SSSR count). The van der Waals surface area contributed by atoms with E-state index in [9.17, 15) is 14.7 Å². The SMILES string of the molecule is O=C(c1ccc(-c2nccc3ccccc23)cc1)N1CCN(C(=O)C2(O)CC2)CC1. The van der Waals surface area contributed by atoms with Crippen molar-refractivity contribution in [1.29, 1.82) is 0 Å². The zero-order valence-electron chi connectivity index (χ0n) is 16.6. The highest BCUT2D eigenvalue weighted by Crippen LogP contribution is 2.37. The molecule has 0 unspecified atom stereocenters. The number of piperazine rings is 1. The third kappa shape index (κ3) is 3.33. The fourth-order valence-corrected chi connectivity index (χ4v) is 4.04. The van der Waals surface area contributed by atoms with Gasteiger partial charge in [-0.1, -0.05) is 36.4 Å². The van der Waals surface area contributed by atoms with Gasteiger partial charge in [-0.15, -0.1) is 0 Å². The molecule has 1 aromatic heterocycles. The second kappa shape index (κ2) is 7.22. The Morgan fingerprint density at radius 2 is 1.53 bits per heavy atom. The summed E-state index contributed by atoms with van der Waals surface area (Å²) in [6, 6.07) is 17.7. The molecule has 152 valence electrons. The number of fused-ring (bicyclic) bond motifs is 1. The molecule has 1 saturated heterocycles. The average molecular weight is 401 g/mol. The molecule has 1 aliphatic carbocycles. The standard InChI is InChI=1S/C24H23N3O3/c28-22(26-13-15-27(16-14-26)23(29)24(30)10-11-24)19-7-5-18(6-8-19)21-20-4-2-1-3-17(20)9-12-25-21/h1-9,12,30H,10-11,13-16H2. The van der Waals surface area contributed by atoms with Gasteiger partial charge >= 0.3 is 0 Å². The van der Waals surface area contributed by atoms with E-state index in [2.05, 4.69) is 17.1 Å². The van der Waals surface area contributed by atoms with Gasteiger partial charge in [0.25, 0.3) is 11.8 Å². The van der Waals surface area contributed by atoms with Gasteiger partial charge in [0.2, 0.25) is 0 Å². The maximum absolute atomic E-state index is 12.9. The van der Waals surface area contributed by atoms with E-state index in [-0.39, 0.29) is 11.8 Å². The number of aromatic nitrogens is 1. The summed E-state index contributed by atoms with van der Waals surface area (Å²) in [7, 11) is 0. The van der Waals surface area contributed by atoms with Crippen molar-refractivity contribution in [2.75, 3.05) is 26.2 Å². The molecule has 0 bridgehead atoms. The predicted octanol–water partition coefficient (Wildman–Crippen LogP) is 2.71. The number of carbonyl (C=O) groups excluding carboxylic acids is 2. The van der Waals surface area contributed by atoms with E-state index >= 15 is 0 Å². The molecule has 6 heteroatoms. The number of carbonyl (C=O) groups is 2. The lowest BCUT2D eigenvalue weighted by molar-refractivity contribution is -0.143. The van der Waals surface area contributed by atoms with Crippen LogP contribution >= 0.6 is 0 Å². The molecule has 1 saturated carbocycles. The van der Waals surface area contributed by atoms with E-state index in [1.807, 2.05) is 42.5 Å². The molecule has 2 heterocycles. The Hall–Kier alpha value is -3.25. The van der Waals surface area contributed by atoms with Crippen molar-refractivity contribution in [2.24, 2.45) is 0 Å². The highest BCUT2D eigenvalue weighted by molar-refractivity contribution is 5.97. The van der Waals surface area contributed by atoms with E-state index in [0.717, 1.165) is 22.0 Å². The molecule has 0 spiro atoms. The van der Waals surface area contributed by atoms with Gasteiger partial charge in [-0.05, 0) is 36.4 Å². The van der Waals surface area contributed by atoms with Gasteiger partial charge in [-0.3, -0.25) is 14.6 Å². The van der Waals surface area contributed by atoms with E-state index < -0.39 is 5.60 Å². The quantitative estimate of drug-likeness (QED) is 0.732. The molecule has 1 aliphatic heterocycles. The van der Waals surface area contributed by atoms with Crippen molar-refractivity contribution >= 4 is 22.6 Å². The summed E-state index contributed by atoms with van der Waals surface area (Å²) in [5.74, 6) is -0.230. The minimum Gasteiger partial charge on any atom is -0.380 e. The maximum Gasteiger partial charge on any atom is 0.254 e. The number of nitrogens with zero attached hydrogens (tertiary/aromatic N) is 3. The number of rotatable bonds is 3. The summed E-state index contributed by atoms with van der Waals surface area (Å²) in [5.41, 5.74) is 1.35. The lowest BCUT2D eigenvalue weighted by Crippen LogP contribution is -2.53. The summed E-state index contributed by atoms with van der Waals surface area (Å²) < 4.78 is 0. The van der Waals surface area contributed by atoms with Crippen LogP contribution in [0.15, 0.2) is 60.8 Å². The van der Waals surface area contributed by atoms with Crippen LogP contribution < -0.4 is 0 Å². The minimum atomic E-state index is -1.14. The molecular weight excluding hydrogens is 378 g/mol. The number of amides is 2. The van der Waals surface area contributed by atoms with Gasteiger partial charge in [0.05, 0.1) is 5.69 Å². The van der Waals surface area contributed by atoms with Crippen molar-refractivity contribution in [1.82, 2.24) is 14.8 Å². The molecule has 2 aliphatic rings. The Morgan fingerprint density at radius 3 is 2.23 bits per heavy atom. The van der Waals surface area contributed by atoms with Gasteiger partial charge in [-0.25, -0.2) is 0 Å². The number of hydrogen-bond donors (Lipinski definition) is 1. The highest BCUT2D eigenvalue weighted by atomic mass is 16.3. The first kappa shape index (κ1) is 18.8. The smallest absolute Gasteiger partial charge is 0.254 e. The Kier molecular flexibility index (Phi) is 4.51. The van der Waals surface area contributed by atoms with Crippen LogP contribution in [0.3, 0.4) is 0 Å². The van der Waals surface area contributed by atoms with Crippen LogP contribution in [0.5, 0.6) is 0 Å². The molecule has 0 atom stereocenters. The van der Waals surface area contributed by atoms with E-state index in [1.54, 1.807) is 16.0 Å². The fraction of sp³-hybridized carbons (Fsp3) is 0.292. The van der Waals surface area contributed by atoms with Crippen LogP contribution in [0.25, 0.3) is 22.0 Å². The second-order valence-corrected chi connectivity index (χ2v) is 8.07. The van der Waals surface area contributed by atoms with Gasteiger partial charge in [0, 0.05) is 48.9 Å². The maximum atomic E-state index is 12.9. The second-order valence-electron chi connectivity index (χ2n) is 8.07. The third-order valence-corrected chi connectivity index (χ3v) is 6.05. The van der Waals surface area contributed by atoms with Crippen LogP contribution in [-0.4, -0.2) is 63.5 Å². The summed E-state index contributed by atoms with van der Waals surface area (Å²) in [4.78, 5) is 33.1. The molecule has 0 radical (unpaired) electrons. The Morgan fingerprint density at radius 1 is 0.867 bits per heavy atom. The predicted molar refractivity (Wildman–Crippen MR) is 114 cm³/mol. The van der Waals surface area contributed by atoms with Crippen LogP contribution in [-0.2, 0) is 4.79 Å². The monoisotopic (exact) mass is 401 g/mol. The first-order valence-electron chi connectivity index (χ1n) is 10.3. The largest absolute Gasteiger partial charge is 0.380 e. The lowest BCUT2D eigenvalue weighted by atomic mass is 10.0. The summed E-state index contributed by atoms with van der Waals surface area (Å²) in [5, 5.41) is 12.2. The fourth-order valence-electron chi connectivity index (χ4n) is 4.04. The highest BCUT2D eigenvalue weighted by Gasteiger charge is 2.50. The Labute approximate surface area is 174 Å². The van der Waals surface area contributed by atoms with E-state index in [0.29, 0.717) is 44.6 Å². The van der Waals surface area contributed by atoms with Crippen molar-refractivity contribution in [3.8, 4) is 11.3 Å². The van der Waals surface area contributed by atoms with E-state index in [4.69, 9.17) is 0 Å². The first-order chi connectivity index (χ1) is 14.5. The van der Waals surface area contributed by atoms with Crippen molar-refractivity contribution in [2.45, 2.75) is 18.4 Å². The van der Waals surface area contributed by atoms with Crippen LogP contribution in [0.2, 0.25) is 0 Å². The number of pyridine rings is 1. The topological polar surface area (TPSA) is 73.7 Å². The molecule has 2 amide bonds. The third-order valence-electron chi connectivity index (χ3n) is 6.05. The molecule has 6 nitrogen and oxygen atoms in total. The van der Waals surface area contributed by atoms with Crippen LogP contribution in [0, 0.1) is 0 Å². The van der Waals surface area contributed by atoms with Crippen LogP contribution in [0.1, 0.15) is 23.2 Å². The van der Waals surface area contributed by atoms with Crippen LogP contribution in [0.4, 0.5) is 0 Å². The zero-order chi connectivity index (χ0) is 20.7. The van der Waals surface area contributed by atoms with Crippen molar-refractivity contribution < 1.29 is 14.7 Å². The number of benzene rings is 2. The molecule has 1 N–H and O–H groups in total.